The highest BCUT2D eigenvalue weighted by Gasteiger charge is 2.28. The SMILES string of the molecule is O=C1C[C@H](c2ccc3c(c2)OCCO3)Oc2ccccc21. The molecule has 2 aromatic rings. The number of rotatable bonds is 1. The molecule has 0 fully saturated rings. The van der Waals surface area contributed by atoms with Crippen LogP contribution >= 0.6 is 0 Å². The van der Waals surface area contributed by atoms with Crippen molar-refractivity contribution in [2.75, 3.05) is 13.2 Å². The molecule has 0 saturated carbocycles. The molecule has 4 heteroatoms. The van der Waals surface area contributed by atoms with Crippen LogP contribution in [0, 0.1) is 0 Å². The van der Waals surface area contributed by atoms with Gasteiger partial charge in [-0.3, -0.25) is 4.79 Å². The summed E-state index contributed by atoms with van der Waals surface area (Å²) in [6.45, 7) is 1.11. The summed E-state index contributed by atoms with van der Waals surface area (Å²) in [5.41, 5.74) is 1.59. The van der Waals surface area contributed by atoms with Crippen molar-refractivity contribution in [2.45, 2.75) is 12.5 Å². The fourth-order valence-corrected chi connectivity index (χ4v) is 2.72. The Hall–Kier alpha value is -2.49. The van der Waals surface area contributed by atoms with Crippen molar-refractivity contribution in [1.29, 1.82) is 0 Å². The first-order valence-electron chi connectivity index (χ1n) is 7.00. The zero-order valence-electron chi connectivity index (χ0n) is 11.4. The van der Waals surface area contributed by atoms with Crippen LogP contribution in [0.5, 0.6) is 17.2 Å². The van der Waals surface area contributed by atoms with Gasteiger partial charge in [0.1, 0.15) is 25.1 Å². The van der Waals surface area contributed by atoms with Crippen LogP contribution in [0.4, 0.5) is 0 Å². The van der Waals surface area contributed by atoms with Gasteiger partial charge in [0.25, 0.3) is 0 Å². The summed E-state index contributed by atoms with van der Waals surface area (Å²) in [5, 5.41) is 0. The van der Waals surface area contributed by atoms with Crippen LogP contribution in [0.2, 0.25) is 0 Å². The van der Waals surface area contributed by atoms with E-state index in [0.717, 1.165) is 11.3 Å². The first kappa shape index (κ1) is 12.3. The Kier molecular flexibility index (Phi) is 2.81. The van der Waals surface area contributed by atoms with E-state index in [1.807, 2.05) is 36.4 Å². The fraction of sp³-hybridized carbons (Fsp3) is 0.235. The summed E-state index contributed by atoms with van der Waals surface area (Å²) in [7, 11) is 0. The van der Waals surface area contributed by atoms with Gasteiger partial charge < -0.3 is 14.2 Å². The van der Waals surface area contributed by atoms with Gasteiger partial charge in [0, 0.05) is 0 Å². The topological polar surface area (TPSA) is 44.8 Å². The number of ketones is 1. The molecule has 4 nitrogen and oxygen atoms in total. The number of benzene rings is 2. The third-order valence-corrected chi connectivity index (χ3v) is 3.77. The fourth-order valence-electron chi connectivity index (χ4n) is 2.72. The monoisotopic (exact) mass is 282 g/mol. The molecule has 0 bridgehead atoms. The second-order valence-electron chi connectivity index (χ2n) is 5.13. The maximum absolute atomic E-state index is 12.2. The Balaban J connectivity index is 1.67. The van der Waals surface area contributed by atoms with Gasteiger partial charge in [-0.15, -0.1) is 0 Å². The lowest BCUT2D eigenvalue weighted by Crippen LogP contribution is -2.21. The zero-order valence-corrected chi connectivity index (χ0v) is 11.4. The zero-order chi connectivity index (χ0) is 14.2. The van der Waals surface area contributed by atoms with Gasteiger partial charge in [-0.25, -0.2) is 0 Å². The molecule has 0 amide bonds. The van der Waals surface area contributed by atoms with Crippen LogP contribution in [-0.4, -0.2) is 19.0 Å². The summed E-state index contributed by atoms with van der Waals surface area (Å²) < 4.78 is 17.1. The molecule has 2 aromatic carbocycles. The van der Waals surface area contributed by atoms with E-state index in [9.17, 15) is 4.79 Å². The largest absolute Gasteiger partial charge is 0.486 e. The summed E-state index contributed by atoms with van der Waals surface area (Å²) in [4.78, 5) is 12.2. The first-order valence-corrected chi connectivity index (χ1v) is 7.00. The molecule has 0 N–H and O–H groups in total. The highest BCUT2D eigenvalue weighted by atomic mass is 16.6. The molecule has 0 unspecified atom stereocenters. The predicted octanol–water partition coefficient (Wildman–Crippen LogP) is 3.16. The van der Waals surface area contributed by atoms with E-state index < -0.39 is 0 Å². The molecule has 2 aliphatic heterocycles. The van der Waals surface area contributed by atoms with Crippen LogP contribution < -0.4 is 14.2 Å². The van der Waals surface area contributed by atoms with Crippen molar-refractivity contribution in [3.05, 3.63) is 53.6 Å². The van der Waals surface area contributed by atoms with E-state index in [4.69, 9.17) is 14.2 Å². The smallest absolute Gasteiger partial charge is 0.170 e. The maximum Gasteiger partial charge on any atom is 0.170 e. The molecule has 106 valence electrons. The van der Waals surface area contributed by atoms with E-state index in [1.165, 1.54) is 0 Å². The van der Waals surface area contributed by atoms with Crippen LogP contribution in [0.25, 0.3) is 0 Å². The van der Waals surface area contributed by atoms with Crippen LogP contribution in [0.15, 0.2) is 42.5 Å². The highest BCUT2D eigenvalue weighted by Crippen LogP contribution is 2.38. The maximum atomic E-state index is 12.2. The minimum atomic E-state index is -0.275. The van der Waals surface area contributed by atoms with Crippen LogP contribution in [-0.2, 0) is 0 Å². The minimum Gasteiger partial charge on any atom is -0.486 e. The lowest BCUT2D eigenvalue weighted by atomic mass is 9.96. The molecule has 0 radical (unpaired) electrons. The Morgan fingerprint density at radius 3 is 2.62 bits per heavy atom. The number of hydrogen-bond donors (Lipinski definition) is 0. The molecule has 0 aromatic heterocycles. The van der Waals surface area contributed by atoms with Gasteiger partial charge in [-0.2, -0.15) is 0 Å². The molecular weight excluding hydrogens is 268 g/mol. The third-order valence-electron chi connectivity index (χ3n) is 3.77. The lowest BCUT2D eigenvalue weighted by Gasteiger charge is -2.26. The summed E-state index contributed by atoms with van der Waals surface area (Å²) in [5.74, 6) is 2.21. The molecule has 0 saturated heterocycles. The van der Waals surface area contributed by atoms with Crippen LogP contribution in [0.3, 0.4) is 0 Å². The van der Waals surface area contributed by atoms with Crippen molar-refractivity contribution in [3.8, 4) is 17.2 Å². The van der Waals surface area contributed by atoms with E-state index in [1.54, 1.807) is 6.07 Å². The van der Waals surface area contributed by atoms with E-state index >= 15 is 0 Å². The second-order valence-corrected chi connectivity index (χ2v) is 5.13. The summed E-state index contributed by atoms with van der Waals surface area (Å²) in [6, 6.07) is 13.1. The van der Waals surface area contributed by atoms with Gasteiger partial charge in [-0.1, -0.05) is 18.2 Å². The van der Waals surface area contributed by atoms with Crippen molar-refractivity contribution in [2.24, 2.45) is 0 Å². The van der Waals surface area contributed by atoms with Crippen molar-refractivity contribution in [1.82, 2.24) is 0 Å². The molecule has 21 heavy (non-hydrogen) atoms. The number of para-hydroxylation sites is 1. The Morgan fingerprint density at radius 2 is 1.71 bits per heavy atom. The Morgan fingerprint density at radius 1 is 0.905 bits per heavy atom. The predicted molar refractivity (Wildman–Crippen MR) is 76.2 cm³/mol. The van der Waals surface area contributed by atoms with Gasteiger partial charge in [0.15, 0.2) is 17.3 Å². The van der Waals surface area contributed by atoms with Gasteiger partial charge in [-0.05, 0) is 29.8 Å². The number of ether oxygens (including phenoxy) is 3. The number of hydrogen-bond acceptors (Lipinski definition) is 4. The minimum absolute atomic E-state index is 0.108. The Labute approximate surface area is 122 Å². The molecule has 1 atom stereocenters. The van der Waals surface area contributed by atoms with E-state index in [2.05, 4.69) is 0 Å². The van der Waals surface area contributed by atoms with Gasteiger partial charge in [0.05, 0.1) is 12.0 Å². The molecule has 2 heterocycles. The lowest BCUT2D eigenvalue weighted by molar-refractivity contribution is 0.0849. The standard InChI is InChI=1S/C17H14O4/c18-13-10-16(21-14-4-2-1-3-12(13)14)11-5-6-15-17(9-11)20-8-7-19-15/h1-6,9,16H,7-8,10H2/t16-/m1/s1. The number of Topliss-reactive ketones (excluding diaryl/α,β-unsaturated/α-hetero) is 1. The molecular formula is C17H14O4. The molecule has 2 aliphatic rings. The quantitative estimate of drug-likeness (QED) is 0.806. The summed E-state index contributed by atoms with van der Waals surface area (Å²) in [6.07, 6.45) is 0.0691. The number of carbonyl (C=O) groups is 1. The van der Waals surface area contributed by atoms with E-state index in [0.29, 0.717) is 36.7 Å². The highest BCUT2D eigenvalue weighted by molar-refractivity contribution is 5.99. The van der Waals surface area contributed by atoms with Crippen molar-refractivity contribution >= 4 is 5.78 Å². The van der Waals surface area contributed by atoms with Gasteiger partial charge >= 0.3 is 0 Å². The van der Waals surface area contributed by atoms with Crippen molar-refractivity contribution < 1.29 is 19.0 Å². The van der Waals surface area contributed by atoms with Crippen LogP contribution in [0.1, 0.15) is 28.4 Å². The van der Waals surface area contributed by atoms with E-state index in [-0.39, 0.29) is 11.9 Å². The van der Waals surface area contributed by atoms with Crippen molar-refractivity contribution in [3.63, 3.8) is 0 Å². The second kappa shape index (κ2) is 4.81. The number of carbonyl (C=O) groups excluding carboxylic acids is 1. The Bertz CT molecular complexity index is 708. The summed E-state index contributed by atoms with van der Waals surface area (Å²) >= 11 is 0. The normalized spacial score (nSPS) is 19.6. The molecule has 0 aliphatic carbocycles. The molecule has 4 rings (SSSR count). The molecule has 0 spiro atoms. The number of fused-ring (bicyclic) bond motifs is 2. The van der Waals surface area contributed by atoms with Gasteiger partial charge in [0.2, 0.25) is 0 Å². The average molecular weight is 282 g/mol. The average Bonchev–Trinajstić information content (AvgIpc) is 2.54. The first-order chi connectivity index (χ1) is 10.3. The third kappa shape index (κ3) is 2.13.